The second kappa shape index (κ2) is 9.40. The fourth-order valence-electron chi connectivity index (χ4n) is 3.53. The van der Waals surface area contributed by atoms with E-state index in [0.29, 0.717) is 17.3 Å². The van der Waals surface area contributed by atoms with Gasteiger partial charge in [0.25, 0.3) is 0 Å². The van der Waals surface area contributed by atoms with Gasteiger partial charge in [-0.1, -0.05) is 0 Å². The maximum atomic E-state index is 12.4. The van der Waals surface area contributed by atoms with Crippen LogP contribution in [-0.4, -0.2) is 67.0 Å². The summed E-state index contributed by atoms with van der Waals surface area (Å²) in [6.07, 6.45) is 5.47. The number of aromatic nitrogens is 3. The van der Waals surface area contributed by atoms with E-state index in [-0.39, 0.29) is 30.4 Å². The van der Waals surface area contributed by atoms with Crippen LogP contribution in [0.5, 0.6) is 5.75 Å². The molecule has 0 fully saturated rings. The van der Waals surface area contributed by atoms with Crippen LogP contribution in [0.25, 0.3) is 11.5 Å². The lowest BCUT2D eigenvalue weighted by atomic mass is 10.1. The van der Waals surface area contributed by atoms with Crippen molar-refractivity contribution in [2.45, 2.75) is 45.6 Å². The molecular weight excluding hydrogens is 430 g/mol. The second-order valence-corrected chi connectivity index (χ2v) is 11.4. The number of carbonyl (C=O) groups is 1. The number of carbonyl (C=O) groups excluding carboxylic acids is 1. The topological polar surface area (TPSA) is 114 Å². The highest BCUT2D eigenvalue weighted by molar-refractivity contribution is 7.90. The number of nitrogens with one attached hydrogen (secondary N) is 1. The Hall–Kier alpha value is -2.75. The highest BCUT2D eigenvalue weighted by atomic mass is 32.2. The van der Waals surface area contributed by atoms with Crippen molar-refractivity contribution in [3.05, 3.63) is 29.6 Å². The minimum absolute atomic E-state index is 0.0597. The van der Waals surface area contributed by atoms with Gasteiger partial charge in [0, 0.05) is 42.4 Å². The highest BCUT2D eigenvalue weighted by Crippen LogP contribution is 2.31. The first-order chi connectivity index (χ1) is 14.9. The van der Waals surface area contributed by atoms with Crippen LogP contribution in [0, 0.1) is 0 Å². The summed E-state index contributed by atoms with van der Waals surface area (Å²) < 4.78 is 28.2. The van der Waals surface area contributed by atoms with Crippen molar-refractivity contribution in [1.29, 1.82) is 0 Å². The maximum Gasteiger partial charge on any atom is 0.239 e. The Kier molecular flexibility index (Phi) is 7.02. The molecule has 0 saturated carbocycles. The zero-order valence-electron chi connectivity index (χ0n) is 19.3. The average Bonchev–Trinajstić information content (AvgIpc) is 3.13. The zero-order chi connectivity index (χ0) is 23.5. The van der Waals surface area contributed by atoms with Crippen molar-refractivity contribution >= 4 is 21.6 Å². The molecule has 3 rings (SSSR count). The highest BCUT2D eigenvalue weighted by Gasteiger charge is 2.24. The summed E-state index contributed by atoms with van der Waals surface area (Å²) in [5.74, 6) is 1.55. The van der Waals surface area contributed by atoms with Gasteiger partial charge in [0.15, 0.2) is 15.7 Å². The molecular formula is C22H31N5O4S. The van der Waals surface area contributed by atoms with Crippen LogP contribution in [0.3, 0.4) is 0 Å². The predicted octanol–water partition coefficient (Wildman–Crippen LogP) is 1.80. The van der Waals surface area contributed by atoms with E-state index in [2.05, 4.69) is 10.3 Å². The number of pyridine rings is 1. The van der Waals surface area contributed by atoms with E-state index < -0.39 is 9.84 Å². The van der Waals surface area contributed by atoms with E-state index in [9.17, 15) is 13.2 Å². The molecule has 0 radical (unpaired) electrons. The quantitative estimate of drug-likeness (QED) is 0.633. The van der Waals surface area contributed by atoms with Crippen molar-refractivity contribution < 1.29 is 17.9 Å². The molecule has 10 heteroatoms. The molecule has 1 aliphatic carbocycles. The molecule has 2 heterocycles. The number of hydrogen-bond donors (Lipinski definition) is 1. The molecule has 174 valence electrons. The molecule has 0 atom stereocenters. The lowest BCUT2D eigenvalue weighted by Gasteiger charge is -2.25. The van der Waals surface area contributed by atoms with Crippen molar-refractivity contribution in [2.75, 3.05) is 37.1 Å². The third kappa shape index (κ3) is 6.62. The Morgan fingerprint density at radius 1 is 1.25 bits per heavy atom. The number of hydrogen-bond acceptors (Lipinski definition) is 8. The smallest absolute Gasteiger partial charge is 0.239 e. The Labute approximate surface area is 189 Å². The number of ether oxygens (including phenoxy) is 1. The van der Waals surface area contributed by atoms with Crippen LogP contribution in [0.1, 0.15) is 38.4 Å². The molecule has 1 aliphatic rings. The molecule has 32 heavy (non-hydrogen) atoms. The van der Waals surface area contributed by atoms with Crippen molar-refractivity contribution in [2.24, 2.45) is 0 Å². The fourth-order valence-corrected chi connectivity index (χ4v) is 3.91. The van der Waals surface area contributed by atoms with Crippen LogP contribution in [0.15, 0.2) is 18.3 Å². The van der Waals surface area contributed by atoms with E-state index >= 15 is 0 Å². The number of sulfone groups is 1. The van der Waals surface area contributed by atoms with Crippen molar-refractivity contribution in [3.8, 4) is 17.3 Å². The molecule has 1 amide bonds. The molecule has 1 N–H and O–H groups in total. The van der Waals surface area contributed by atoms with Gasteiger partial charge in [-0.25, -0.2) is 18.4 Å². The SMILES string of the molecule is CN(CC(=O)NC(C)(C)C)c1nc(-c2cc(OCCS(C)(=O)=O)ccn2)nc2c1CCC2. The monoisotopic (exact) mass is 461 g/mol. The van der Waals surface area contributed by atoms with Crippen LogP contribution >= 0.6 is 0 Å². The molecule has 0 bridgehead atoms. The van der Waals surface area contributed by atoms with Crippen LogP contribution in [0.4, 0.5) is 5.82 Å². The third-order valence-electron chi connectivity index (χ3n) is 4.85. The van der Waals surface area contributed by atoms with Crippen LogP contribution in [0.2, 0.25) is 0 Å². The number of anilines is 1. The first-order valence-electron chi connectivity index (χ1n) is 10.6. The van der Waals surface area contributed by atoms with Gasteiger partial charge in [-0.3, -0.25) is 9.78 Å². The maximum absolute atomic E-state index is 12.4. The lowest BCUT2D eigenvalue weighted by molar-refractivity contribution is -0.121. The minimum atomic E-state index is -3.10. The Balaban J connectivity index is 1.84. The van der Waals surface area contributed by atoms with Crippen LogP contribution in [-0.2, 0) is 27.5 Å². The van der Waals surface area contributed by atoms with Gasteiger partial charge in [0.1, 0.15) is 23.9 Å². The fraction of sp³-hybridized carbons (Fsp3) is 0.545. The summed E-state index contributed by atoms with van der Waals surface area (Å²) in [6.45, 7) is 6.08. The molecule has 0 aromatic carbocycles. The molecule has 9 nitrogen and oxygen atoms in total. The molecule has 0 aliphatic heterocycles. The van der Waals surface area contributed by atoms with Gasteiger partial charge >= 0.3 is 0 Å². The van der Waals surface area contributed by atoms with Gasteiger partial charge in [-0.2, -0.15) is 0 Å². The number of likely N-dealkylation sites (N-methyl/N-ethyl adjacent to an activating group) is 1. The largest absolute Gasteiger partial charge is 0.492 e. The van der Waals surface area contributed by atoms with Gasteiger partial charge in [-0.15, -0.1) is 0 Å². The van der Waals surface area contributed by atoms with E-state index in [4.69, 9.17) is 14.7 Å². The third-order valence-corrected chi connectivity index (χ3v) is 5.76. The van der Waals surface area contributed by atoms with Crippen LogP contribution < -0.4 is 15.0 Å². The van der Waals surface area contributed by atoms with Gasteiger partial charge in [0.05, 0.1) is 12.3 Å². The number of fused-ring (bicyclic) bond motifs is 1. The summed E-state index contributed by atoms with van der Waals surface area (Å²) in [7, 11) is -1.25. The Morgan fingerprint density at radius 3 is 2.69 bits per heavy atom. The van der Waals surface area contributed by atoms with Gasteiger partial charge in [0.2, 0.25) is 5.91 Å². The van der Waals surface area contributed by atoms with Crippen molar-refractivity contribution in [3.63, 3.8) is 0 Å². The Bertz CT molecular complexity index is 1100. The molecule has 0 unspecified atom stereocenters. The second-order valence-electron chi connectivity index (χ2n) is 9.16. The molecule has 0 saturated heterocycles. The summed E-state index contributed by atoms with van der Waals surface area (Å²) in [6, 6.07) is 3.37. The number of nitrogens with zero attached hydrogens (tertiary/aromatic N) is 4. The summed E-state index contributed by atoms with van der Waals surface area (Å²) >= 11 is 0. The number of aryl methyl sites for hydroxylation is 1. The number of amides is 1. The van der Waals surface area contributed by atoms with E-state index in [1.54, 1.807) is 18.3 Å². The van der Waals surface area contributed by atoms with E-state index in [1.807, 2.05) is 32.7 Å². The summed E-state index contributed by atoms with van der Waals surface area (Å²) in [5, 5.41) is 2.98. The standard InChI is InChI=1S/C22H31N5O4S/c1-22(2,3)26-19(28)14-27(4)21-16-7-6-8-17(16)24-20(25-21)18-13-15(9-10-23-18)31-11-12-32(5,29)30/h9-10,13H,6-8,11-12,14H2,1-5H3,(H,26,28). The minimum Gasteiger partial charge on any atom is -0.492 e. The molecule has 2 aromatic heterocycles. The molecule has 0 spiro atoms. The zero-order valence-corrected chi connectivity index (χ0v) is 20.1. The molecule has 2 aromatic rings. The van der Waals surface area contributed by atoms with E-state index in [0.717, 1.165) is 36.3 Å². The average molecular weight is 462 g/mol. The summed E-state index contributed by atoms with van der Waals surface area (Å²) in [4.78, 5) is 28.1. The number of rotatable bonds is 8. The van der Waals surface area contributed by atoms with Gasteiger partial charge < -0.3 is 15.0 Å². The van der Waals surface area contributed by atoms with E-state index in [1.165, 1.54) is 6.26 Å². The Morgan fingerprint density at radius 2 is 2.00 bits per heavy atom. The first kappa shape index (κ1) is 23.9. The first-order valence-corrected chi connectivity index (χ1v) is 12.7. The van der Waals surface area contributed by atoms with Gasteiger partial charge in [-0.05, 0) is 46.1 Å². The summed E-state index contributed by atoms with van der Waals surface area (Å²) in [5.41, 5.74) is 2.27. The van der Waals surface area contributed by atoms with Crippen molar-refractivity contribution in [1.82, 2.24) is 20.3 Å². The predicted molar refractivity (Wildman–Crippen MR) is 124 cm³/mol. The normalized spacial score (nSPS) is 13.5. The lowest BCUT2D eigenvalue weighted by Crippen LogP contribution is -2.45.